The van der Waals surface area contributed by atoms with Crippen molar-refractivity contribution in [1.29, 1.82) is 0 Å². The Balaban J connectivity index is 2.31. The van der Waals surface area contributed by atoms with Crippen LogP contribution in [0.5, 0.6) is 0 Å². The van der Waals surface area contributed by atoms with Gasteiger partial charge >= 0.3 is 0 Å². The topological polar surface area (TPSA) is 53.9 Å². The number of anilines is 3. The summed E-state index contributed by atoms with van der Waals surface area (Å²) in [6.07, 6.45) is 0. The normalized spacial score (nSPS) is 10.5. The smallest absolute Gasteiger partial charge is 0.233 e. The third-order valence-electron chi connectivity index (χ3n) is 2.82. The first-order valence-corrected chi connectivity index (χ1v) is 7.55. The molecule has 0 atom stereocenters. The van der Waals surface area contributed by atoms with Gasteiger partial charge in [0.2, 0.25) is 17.2 Å². The van der Waals surface area contributed by atoms with Gasteiger partial charge in [0.05, 0.1) is 10.7 Å². The molecule has 2 aromatic rings. The lowest BCUT2D eigenvalue weighted by atomic mass is 10.3. The average molecular weight is 347 g/mol. The van der Waals surface area contributed by atoms with Crippen LogP contribution < -0.4 is 10.2 Å². The highest BCUT2D eigenvalue weighted by Crippen LogP contribution is 2.27. The van der Waals surface area contributed by atoms with Crippen molar-refractivity contribution in [3.05, 3.63) is 33.5 Å². The number of hydrogen-bond acceptors (Lipinski definition) is 5. The molecule has 1 N–H and O–H groups in total. The van der Waals surface area contributed by atoms with Crippen LogP contribution in [-0.4, -0.2) is 28.0 Å². The fourth-order valence-electron chi connectivity index (χ4n) is 1.75. The second-order valence-electron chi connectivity index (χ2n) is 4.15. The van der Waals surface area contributed by atoms with Crippen LogP contribution in [-0.2, 0) is 0 Å². The van der Waals surface area contributed by atoms with Crippen molar-refractivity contribution in [3.8, 4) is 0 Å². The van der Waals surface area contributed by atoms with Gasteiger partial charge in [-0.05, 0) is 43.6 Å². The number of benzene rings is 1. The highest BCUT2D eigenvalue weighted by atomic mass is 35.5. The van der Waals surface area contributed by atoms with E-state index in [2.05, 4.69) is 20.3 Å². The van der Waals surface area contributed by atoms with Crippen LogP contribution in [0.3, 0.4) is 0 Å². The summed E-state index contributed by atoms with van der Waals surface area (Å²) >= 11 is 17.9. The minimum Gasteiger partial charge on any atom is -0.341 e. The van der Waals surface area contributed by atoms with Gasteiger partial charge in [0.25, 0.3) is 0 Å². The van der Waals surface area contributed by atoms with Gasteiger partial charge in [0.15, 0.2) is 0 Å². The quantitative estimate of drug-likeness (QED) is 0.868. The summed E-state index contributed by atoms with van der Waals surface area (Å²) in [7, 11) is 0. The van der Waals surface area contributed by atoms with Gasteiger partial charge in [-0.1, -0.05) is 23.2 Å². The fourth-order valence-corrected chi connectivity index (χ4v) is 2.37. The van der Waals surface area contributed by atoms with Gasteiger partial charge in [0.1, 0.15) is 0 Å². The lowest BCUT2D eigenvalue weighted by Gasteiger charge is -2.19. The number of aromatic nitrogens is 3. The molecule has 0 saturated heterocycles. The molecule has 8 heteroatoms. The molecule has 0 radical (unpaired) electrons. The molecular weight excluding hydrogens is 333 g/mol. The van der Waals surface area contributed by atoms with Crippen LogP contribution in [0.15, 0.2) is 18.2 Å². The van der Waals surface area contributed by atoms with Crippen LogP contribution in [0.4, 0.5) is 17.6 Å². The van der Waals surface area contributed by atoms with Gasteiger partial charge in [-0.2, -0.15) is 15.0 Å². The van der Waals surface area contributed by atoms with Crippen molar-refractivity contribution >= 4 is 52.4 Å². The molecule has 21 heavy (non-hydrogen) atoms. The van der Waals surface area contributed by atoms with E-state index < -0.39 is 0 Å². The second kappa shape index (κ2) is 7.11. The summed E-state index contributed by atoms with van der Waals surface area (Å²) in [5.74, 6) is 0.855. The largest absolute Gasteiger partial charge is 0.341 e. The van der Waals surface area contributed by atoms with Crippen LogP contribution in [0.2, 0.25) is 15.3 Å². The molecule has 1 aromatic carbocycles. The highest BCUT2D eigenvalue weighted by molar-refractivity contribution is 6.36. The van der Waals surface area contributed by atoms with E-state index in [1.54, 1.807) is 18.2 Å². The van der Waals surface area contributed by atoms with Crippen molar-refractivity contribution in [2.45, 2.75) is 13.8 Å². The predicted octanol–water partition coefficient (Wildman–Crippen LogP) is 4.42. The van der Waals surface area contributed by atoms with E-state index in [4.69, 9.17) is 34.8 Å². The molecule has 1 heterocycles. The third kappa shape index (κ3) is 4.09. The average Bonchev–Trinajstić information content (AvgIpc) is 2.43. The number of halogens is 3. The first kappa shape index (κ1) is 16.1. The molecule has 0 aliphatic rings. The van der Waals surface area contributed by atoms with Gasteiger partial charge in [-0.25, -0.2) is 0 Å². The van der Waals surface area contributed by atoms with E-state index in [1.807, 2.05) is 18.7 Å². The minimum absolute atomic E-state index is 0.125. The second-order valence-corrected chi connectivity index (χ2v) is 5.33. The van der Waals surface area contributed by atoms with Crippen molar-refractivity contribution in [2.75, 3.05) is 23.3 Å². The first-order valence-electron chi connectivity index (χ1n) is 6.42. The number of nitrogens with zero attached hydrogens (tertiary/aromatic N) is 4. The Labute approximate surface area is 138 Å². The molecule has 112 valence electrons. The maximum absolute atomic E-state index is 6.11. The lowest BCUT2D eigenvalue weighted by Crippen LogP contribution is -2.24. The highest BCUT2D eigenvalue weighted by Gasteiger charge is 2.11. The zero-order valence-electron chi connectivity index (χ0n) is 11.6. The fraction of sp³-hybridized carbons (Fsp3) is 0.308. The van der Waals surface area contributed by atoms with Gasteiger partial charge in [-0.3, -0.25) is 0 Å². The van der Waals surface area contributed by atoms with Gasteiger partial charge < -0.3 is 10.2 Å². The van der Waals surface area contributed by atoms with Crippen LogP contribution in [0, 0.1) is 0 Å². The molecule has 0 saturated carbocycles. The van der Waals surface area contributed by atoms with Gasteiger partial charge in [0, 0.05) is 18.1 Å². The monoisotopic (exact) mass is 345 g/mol. The zero-order chi connectivity index (χ0) is 15.4. The first-order chi connectivity index (χ1) is 10.0. The van der Waals surface area contributed by atoms with Crippen molar-refractivity contribution in [1.82, 2.24) is 15.0 Å². The summed E-state index contributed by atoms with van der Waals surface area (Å²) in [4.78, 5) is 14.5. The Morgan fingerprint density at radius 3 is 2.38 bits per heavy atom. The van der Waals surface area contributed by atoms with Crippen molar-refractivity contribution in [3.63, 3.8) is 0 Å². The minimum atomic E-state index is 0.125. The Bertz CT molecular complexity index is 631. The lowest BCUT2D eigenvalue weighted by molar-refractivity contribution is 0.814. The summed E-state index contributed by atoms with van der Waals surface area (Å²) in [6, 6.07) is 5.11. The third-order valence-corrected chi connectivity index (χ3v) is 3.54. The van der Waals surface area contributed by atoms with Crippen LogP contribution in [0.25, 0.3) is 0 Å². The molecule has 0 amide bonds. The molecule has 1 aromatic heterocycles. The molecule has 0 aliphatic carbocycles. The predicted molar refractivity (Wildman–Crippen MR) is 88.1 cm³/mol. The van der Waals surface area contributed by atoms with E-state index in [9.17, 15) is 0 Å². The Kier molecular flexibility index (Phi) is 5.45. The summed E-state index contributed by atoms with van der Waals surface area (Å²) < 4.78 is 0. The van der Waals surface area contributed by atoms with Gasteiger partial charge in [-0.15, -0.1) is 0 Å². The SMILES string of the molecule is CCN(CC)c1nc(Cl)nc(Nc2ccc(Cl)cc2Cl)n1. The molecule has 0 spiro atoms. The molecular formula is C13H14Cl3N5. The summed E-state index contributed by atoms with van der Waals surface area (Å²) in [5.41, 5.74) is 0.647. The molecule has 5 nitrogen and oxygen atoms in total. The summed E-state index contributed by atoms with van der Waals surface area (Å²) in [5, 5.41) is 4.18. The standard InChI is InChI=1S/C13H14Cl3N5/c1-3-21(4-2)13-19-11(16)18-12(20-13)17-10-6-5-8(14)7-9(10)15/h5-7H,3-4H2,1-2H3,(H,17,18,19,20). The van der Waals surface area contributed by atoms with E-state index >= 15 is 0 Å². The zero-order valence-corrected chi connectivity index (χ0v) is 13.8. The maximum Gasteiger partial charge on any atom is 0.233 e. The van der Waals surface area contributed by atoms with Crippen molar-refractivity contribution < 1.29 is 0 Å². The van der Waals surface area contributed by atoms with Crippen LogP contribution in [0.1, 0.15) is 13.8 Å². The maximum atomic E-state index is 6.11. The van der Waals surface area contributed by atoms with E-state index in [1.165, 1.54) is 0 Å². The molecule has 0 aliphatic heterocycles. The molecule has 0 bridgehead atoms. The molecule has 0 unspecified atom stereocenters. The van der Waals surface area contributed by atoms with E-state index in [0.717, 1.165) is 13.1 Å². The summed E-state index contributed by atoms with van der Waals surface area (Å²) in [6.45, 7) is 5.59. The number of hydrogen-bond donors (Lipinski definition) is 1. The number of rotatable bonds is 5. The number of nitrogens with one attached hydrogen (secondary N) is 1. The van der Waals surface area contributed by atoms with E-state index in [-0.39, 0.29) is 5.28 Å². The van der Waals surface area contributed by atoms with E-state index in [0.29, 0.717) is 27.6 Å². The Morgan fingerprint density at radius 2 is 1.76 bits per heavy atom. The molecule has 0 fully saturated rings. The molecule has 2 rings (SSSR count). The Morgan fingerprint density at radius 1 is 1.05 bits per heavy atom. The van der Waals surface area contributed by atoms with Crippen molar-refractivity contribution in [2.24, 2.45) is 0 Å². The Hall–Kier alpha value is -1.30. The van der Waals surface area contributed by atoms with Crippen LogP contribution >= 0.6 is 34.8 Å².